The van der Waals surface area contributed by atoms with Gasteiger partial charge in [-0.2, -0.15) is 0 Å². The number of hydrogen-bond donors (Lipinski definition) is 4. The average Bonchev–Trinajstić information content (AvgIpc) is 2.28. The van der Waals surface area contributed by atoms with E-state index in [1.807, 2.05) is 0 Å². The number of rotatable bonds is 1. The van der Waals surface area contributed by atoms with Crippen LogP contribution in [-0.2, 0) is 0 Å². The highest BCUT2D eigenvalue weighted by atomic mass is 16.3. The largest absolute Gasteiger partial charge is 0.389 e. The van der Waals surface area contributed by atoms with E-state index in [1.54, 1.807) is 0 Å². The summed E-state index contributed by atoms with van der Waals surface area (Å²) >= 11 is 0. The van der Waals surface area contributed by atoms with Crippen molar-refractivity contribution in [3.05, 3.63) is 33.1 Å². The molecule has 0 aromatic carbocycles. The molecule has 0 amide bonds. The van der Waals surface area contributed by atoms with Crippen LogP contribution in [-0.4, -0.2) is 38.0 Å². The molecule has 1 aromatic heterocycles. The van der Waals surface area contributed by atoms with Crippen molar-refractivity contribution in [2.45, 2.75) is 37.1 Å². The SMILES string of the molecule is N[C@@H]1CC[C@@H](n2ccc(=O)[nH]c2=O)[C@@H](O)[C@@H]1O. The monoisotopic (exact) mass is 241 g/mol. The molecule has 7 nitrogen and oxygen atoms in total. The van der Waals surface area contributed by atoms with E-state index in [-0.39, 0.29) is 0 Å². The van der Waals surface area contributed by atoms with E-state index in [0.29, 0.717) is 12.8 Å². The number of aromatic nitrogens is 2. The number of aliphatic hydroxyl groups is 2. The molecule has 2 rings (SSSR count). The maximum atomic E-state index is 11.6. The molecule has 0 saturated heterocycles. The van der Waals surface area contributed by atoms with Gasteiger partial charge in [-0.05, 0) is 12.8 Å². The predicted octanol–water partition coefficient (Wildman–Crippen LogP) is -2.08. The van der Waals surface area contributed by atoms with Crippen LogP contribution in [0.15, 0.2) is 21.9 Å². The molecule has 0 aliphatic heterocycles. The van der Waals surface area contributed by atoms with Gasteiger partial charge in [0.15, 0.2) is 0 Å². The molecule has 4 atom stereocenters. The van der Waals surface area contributed by atoms with Gasteiger partial charge >= 0.3 is 5.69 Å². The van der Waals surface area contributed by atoms with Gasteiger partial charge in [-0.3, -0.25) is 14.3 Å². The van der Waals surface area contributed by atoms with E-state index in [4.69, 9.17) is 5.73 Å². The van der Waals surface area contributed by atoms with Gasteiger partial charge in [0.1, 0.15) is 6.10 Å². The molecular formula is C10H15N3O4. The first kappa shape index (κ1) is 12.0. The molecular weight excluding hydrogens is 226 g/mol. The number of hydrogen-bond acceptors (Lipinski definition) is 5. The first-order valence-corrected chi connectivity index (χ1v) is 5.44. The Kier molecular flexibility index (Phi) is 3.14. The Hall–Kier alpha value is -1.44. The molecule has 1 heterocycles. The second-order valence-corrected chi connectivity index (χ2v) is 4.31. The summed E-state index contributed by atoms with van der Waals surface area (Å²) < 4.78 is 1.22. The van der Waals surface area contributed by atoms with Crippen LogP contribution in [0.2, 0.25) is 0 Å². The minimum atomic E-state index is -1.11. The molecule has 0 bridgehead atoms. The summed E-state index contributed by atoms with van der Waals surface area (Å²) in [4.78, 5) is 24.6. The molecule has 0 unspecified atom stereocenters. The van der Waals surface area contributed by atoms with Crippen LogP contribution >= 0.6 is 0 Å². The lowest BCUT2D eigenvalue weighted by atomic mass is 9.86. The molecule has 7 heteroatoms. The Morgan fingerprint density at radius 2 is 2.00 bits per heavy atom. The van der Waals surface area contributed by atoms with Gasteiger partial charge in [0, 0.05) is 18.3 Å². The Balaban J connectivity index is 2.34. The Labute approximate surface area is 96.5 Å². The average molecular weight is 241 g/mol. The highest BCUT2D eigenvalue weighted by molar-refractivity contribution is 4.95. The first-order valence-electron chi connectivity index (χ1n) is 5.44. The van der Waals surface area contributed by atoms with Crippen LogP contribution in [0, 0.1) is 0 Å². The molecule has 0 radical (unpaired) electrons. The lowest BCUT2D eigenvalue weighted by Crippen LogP contribution is -2.52. The van der Waals surface area contributed by atoms with Crippen molar-refractivity contribution in [3.63, 3.8) is 0 Å². The van der Waals surface area contributed by atoms with E-state index in [9.17, 15) is 19.8 Å². The van der Waals surface area contributed by atoms with Crippen LogP contribution in [0.25, 0.3) is 0 Å². The zero-order valence-corrected chi connectivity index (χ0v) is 9.11. The molecule has 1 aliphatic rings. The molecule has 94 valence electrons. The lowest BCUT2D eigenvalue weighted by Gasteiger charge is -2.36. The van der Waals surface area contributed by atoms with E-state index in [0.717, 1.165) is 0 Å². The van der Waals surface area contributed by atoms with Gasteiger partial charge in [-0.25, -0.2) is 4.79 Å². The number of nitrogens with one attached hydrogen (secondary N) is 1. The summed E-state index contributed by atoms with van der Waals surface area (Å²) in [5, 5.41) is 19.5. The van der Waals surface area contributed by atoms with Crippen LogP contribution in [0.5, 0.6) is 0 Å². The first-order chi connectivity index (χ1) is 8.00. The number of H-pyrrole nitrogens is 1. The molecule has 1 saturated carbocycles. The zero-order chi connectivity index (χ0) is 12.6. The smallest absolute Gasteiger partial charge is 0.328 e. The lowest BCUT2D eigenvalue weighted by molar-refractivity contribution is -0.0512. The summed E-state index contributed by atoms with van der Waals surface area (Å²) in [6.07, 6.45) is 0.133. The Bertz CT molecular complexity index is 509. The number of nitrogens with zero attached hydrogens (tertiary/aromatic N) is 1. The molecule has 5 N–H and O–H groups in total. The summed E-state index contributed by atoms with van der Waals surface area (Å²) in [5.41, 5.74) is 4.53. The maximum Gasteiger partial charge on any atom is 0.328 e. The van der Waals surface area contributed by atoms with Gasteiger partial charge in [0.05, 0.1) is 12.1 Å². The van der Waals surface area contributed by atoms with E-state index in [1.165, 1.54) is 16.8 Å². The number of nitrogens with two attached hydrogens (primary N) is 1. The normalized spacial score (nSPS) is 33.6. The second kappa shape index (κ2) is 4.44. The molecule has 1 fully saturated rings. The minimum Gasteiger partial charge on any atom is -0.389 e. The third-order valence-corrected chi connectivity index (χ3v) is 3.19. The van der Waals surface area contributed by atoms with Crippen molar-refractivity contribution in [3.8, 4) is 0 Å². The van der Waals surface area contributed by atoms with E-state index >= 15 is 0 Å². The highest BCUT2D eigenvalue weighted by Gasteiger charge is 2.36. The Morgan fingerprint density at radius 3 is 2.65 bits per heavy atom. The van der Waals surface area contributed by atoms with Gasteiger partial charge in [0.25, 0.3) is 5.56 Å². The fourth-order valence-corrected chi connectivity index (χ4v) is 2.18. The summed E-state index contributed by atoms with van der Waals surface area (Å²) in [5.74, 6) is 0. The van der Waals surface area contributed by atoms with Crippen molar-refractivity contribution in [2.75, 3.05) is 0 Å². The predicted molar refractivity (Wildman–Crippen MR) is 59.6 cm³/mol. The van der Waals surface area contributed by atoms with E-state index in [2.05, 4.69) is 4.98 Å². The summed E-state index contributed by atoms with van der Waals surface area (Å²) in [7, 11) is 0. The van der Waals surface area contributed by atoms with Crippen molar-refractivity contribution in [1.29, 1.82) is 0 Å². The van der Waals surface area contributed by atoms with Crippen molar-refractivity contribution in [1.82, 2.24) is 9.55 Å². The Morgan fingerprint density at radius 1 is 1.29 bits per heavy atom. The maximum absolute atomic E-state index is 11.6. The third-order valence-electron chi connectivity index (χ3n) is 3.19. The minimum absolute atomic E-state index is 0.478. The van der Waals surface area contributed by atoms with E-state index < -0.39 is 35.5 Å². The number of aromatic amines is 1. The standard InChI is InChI=1S/C10H15N3O4/c11-5-1-2-6(9(16)8(5)15)13-4-3-7(14)12-10(13)17/h3-6,8-9,15-16H,1-2,11H2,(H,12,14,17)/t5-,6-,8-,9-/m1/s1. The topological polar surface area (TPSA) is 121 Å². The highest BCUT2D eigenvalue weighted by Crippen LogP contribution is 2.27. The number of aliphatic hydroxyl groups excluding tert-OH is 2. The quantitative estimate of drug-likeness (QED) is 0.449. The fourth-order valence-electron chi connectivity index (χ4n) is 2.18. The van der Waals surface area contributed by atoms with Gasteiger partial charge in [0.2, 0.25) is 0 Å². The van der Waals surface area contributed by atoms with Crippen LogP contribution in [0.4, 0.5) is 0 Å². The fraction of sp³-hybridized carbons (Fsp3) is 0.600. The van der Waals surface area contributed by atoms with Crippen LogP contribution < -0.4 is 17.0 Å². The molecule has 17 heavy (non-hydrogen) atoms. The van der Waals surface area contributed by atoms with Crippen molar-refractivity contribution < 1.29 is 10.2 Å². The third kappa shape index (κ3) is 2.17. The van der Waals surface area contributed by atoms with Crippen molar-refractivity contribution in [2.24, 2.45) is 5.73 Å². The second-order valence-electron chi connectivity index (χ2n) is 4.31. The van der Waals surface area contributed by atoms with Crippen LogP contribution in [0.1, 0.15) is 18.9 Å². The molecule has 0 spiro atoms. The van der Waals surface area contributed by atoms with Gasteiger partial charge in [-0.1, -0.05) is 0 Å². The zero-order valence-electron chi connectivity index (χ0n) is 9.11. The van der Waals surface area contributed by atoms with Gasteiger partial charge in [-0.15, -0.1) is 0 Å². The molecule has 1 aliphatic carbocycles. The van der Waals surface area contributed by atoms with Crippen molar-refractivity contribution >= 4 is 0 Å². The molecule has 1 aromatic rings. The van der Waals surface area contributed by atoms with Crippen LogP contribution in [0.3, 0.4) is 0 Å². The summed E-state index contributed by atoms with van der Waals surface area (Å²) in [6.45, 7) is 0. The summed E-state index contributed by atoms with van der Waals surface area (Å²) in [6, 6.07) is 0.156. The van der Waals surface area contributed by atoms with Gasteiger partial charge < -0.3 is 15.9 Å².